The Labute approximate surface area is 101 Å². The Hall–Kier alpha value is -0.990. The second-order valence-corrected chi connectivity index (χ2v) is 4.44. The van der Waals surface area contributed by atoms with Gasteiger partial charge in [0.25, 0.3) is 0 Å². The molecule has 1 aromatic rings. The van der Waals surface area contributed by atoms with Crippen molar-refractivity contribution in [2.24, 2.45) is 0 Å². The van der Waals surface area contributed by atoms with Crippen LogP contribution in [-0.4, -0.2) is 32.8 Å². The Morgan fingerprint density at radius 3 is 3.25 bits per heavy atom. The number of aryl methyl sites for hydroxylation is 1. The number of thioether (sulfide) groups is 1. The van der Waals surface area contributed by atoms with Gasteiger partial charge < -0.3 is 5.32 Å². The van der Waals surface area contributed by atoms with Crippen LogP contribution in [0, 0.1) is 12.3 Å². The number of nitrogens with zero attached hydrogens (tertiary/aromatic N) is 3. The molecule has 0 radical (unpaired) electrons. The Morgan fingerprint density at radius 1 is 1.62 bits per heavy atom. The summed E-state index contributed by atoms with van der Waals surface area (Å²) in [5.41, 5.74) is 0. The monoisotopic (exact) mass is 238 g/mol. The van der Waals surface area contributed by atoms with Crippen molar-refractivity contribution in [1.29, 1.82) is 0 Å². The van der Waals surface area contributed by atoms with Gasteiger partial charge in [0.05, 0.1) is 12.3 Å². The standard InChI is InChI=1S/C11H18N4S/c1-3-6-15-11(13-10-14-15)9-12-5-8-16-7-4-2/h2,10,12H,3,5-9H2,1H3. The van der Waals surface area contributed by atoms with Gasteiger partial charge in [0, 0.05) is 18.8 Å². The molecule has 0 bridgehead atoms. The van der Waals surface area contributed by atoms with Gasteiger partial charge in [0.15, 0.2) is 0 Å². The molecule has 1 N–H and O–H groups in total. The Morgan fingerprint density at radius 2 is 2.50 bits per heavy atom. The van der Waals surface area contributed by atoms with Crippen LogP contribution in [0.1, 0.15) is 19.2 Å². The average Bonchev–Trinajstić information content (AvgIpc) is 2.72. The van der Waals surface area contributed by atoms with Crippen LogP contribution >= 0.6 is 11.8 Å². The molecule has 0 unspecified atom stereocenters. The molecular weight excluding hydrogens is 220 g/mol. The molecule has 1 heterocycles. The summed E-state index contributed by atoms with van der Waals surface area (Å²) in [5, 5.41) is 7.50. The predicted octanol–water partition coefficient (Wildman–Crippen LogP) is 1.14. The van der Waals surface area contributed by atoms with Crippen LogP contribution < -0.4 is 5.32 Å². The van der Waals surface area contributed by atoms with Crippen molar-refractivity contribution >= 4 is 11.8 Å². The summed E-state index contributed by atoms with van der Waals surface area (Å²) in [7, 11) is 0. The largest absolute Gasteiger partial charge is 0.309 e. The molecule has 0 saturated carbocycles. The first-order valence-corrected chi connectivity index (χ1v) is 6.62. The first-order valence-electron chi connectivity index (χ1n) is 5.47. The third kappa shape index (κ3) is 4.69. The molecule has 0 fully saturated rings. The molecule has 0 spiro atoms. The van der Waals surface area contributed by atoms with E-state index in [1.54, 1.807) is 18.1 Å². The molecule has 0 saturated heterocycles. The number of aromatic nitrogens is 3. The second-order valence-electron chi connectivity index (χ2n) is 3.33. The van der Waals surface area contributed by atoms with Crippen LogP contribution in [0.2, 0.25) is 0 Å². The first-order chi connectivity index (χ1) is 7.88. The number of nitrogens with one attached hydrogen (secondary N) is 1. The van der Waals surface area contributed by atoms with Gasteiger partial charge in [-0.1, -0.05) is 12.8 Å². The second kappa shape index (κ2) is 8.20. The van der Waals surface area contributed by atoms with Crippen LogP contribution in [0.15, 0.2) is 6.33 Å². The van der Waals surface area contributed by atoms with Crippen molar-refractivity contribution in [2.75, 3.05) is 18.1 Å². The summed E-state index contributed by atoms with van der Waals surface area (Å²) in [4.78, 5) is 4.22. The zero-order valence-electron chi connectivity index (χ0n) is 9.65. The smallest absolute Gasteiger partial charge is 0.140 e. The molecule has 0 aliphatic carbocycles. The Balaban J connectivity index is 2.16. The number of hydrogen-bond donors (Lipinski definition) is 1. The van der Waals surface area contributed by atoms with Crippen LogP contribution in [0.3, 0.4) is 0 Å². The molecule has 4 nitrogen and oxygen atoms in total. The van der Waals surface area contributed by atoms with Crippen LogP contribution in [0.5, 0.6) is 0 Å². The predicted molar refractivity (Wildman–Crippen MR) is 68.2 cm³/mol. The van der Waals surface area contributed by atoms with Crippen LogP contribution in [0.4, 0.5) is 0 Å². The third-order valence-corrected chi connectivity index (χ3v) is 2.89. The molecule has 1 aromatic heterocycles. The molecule has 0 amide bonds. The zero-order chi connectivity index (χ0) is 11.6. The lowest BCUT2D eigenvalue weighted by Crippen LogP contribution is -2.20. The number of terminal acetylenes is 1. The zero-order valence-corrected chi connectivity index (χ0v) is 10.5. The van der Waals surface area contributed by atoms with Crippen molar-refractivity contribution in [3.05, 3.63) is 12.2 Å². The van der Waals surface area contributed by atoms with Crippen LogP contribution in [-0.2, 0) is 13.1 Å². The van der Waals surface area contributed by atoms with Gasteiger partial charge in [-0.2, -0.15) is 5.10 Å². The maximum absolute atomic E-state index is 5.16. The van der Waals surface area contributed by atoms with Crippen molar-refractivity contribution in [3.63, 3.8) is 0 Å². The molecule has 5 heteroatoms. The van der Waals surface area contributed by atoms with Crippen LogP contribution in [0.25, 0.3) is 0 Å². The van der Waals surface area contributed by atoms with Crippen molar-refractivity contribution in [2.45, 2.75) is 26.4 Å². The van der Waals surface area contributed by atoms with E-state index in [9.17, 15) is 0 Å². The fourth-order valence-corrected chi connectivity index (χ4v) is 1.85. The molecule has 16 heavy (non-hydrogen) atoms. The lowest BCUT2D eigenvalue weighted by Gasteiger charge is -2.05. The summed E-state index contributed by atoms with van der Waals surface area (Å²) in [6, 6.07) is 0. The fraction of sp³-hybridized carbons (Fsp3) is 0.636. The maximum Gasteiger partial charge on any atom is 0.140 e. The number of rotatable bonds is 8. The highest BCUT2D eigenvalue weighted by molar-refractivity contribution is 7.99. The van der Waals surface area contributed by atoms with Gasteiger partial charge in [-0.25, -0.2) is 9.67 Å². The van der Waals surface area contributed by atoms with E-state index < -0.39 is 0 Å². The first kappa shape index (κ1) is 13.1. The fourth-order valence-electron chi connectivity index (χ4n) is 1.30. The van der Waals surface area contributed by atoms with E-state index in [2.05, 4.69) is 28.2 Å². The highest BCUT2D eigenvalue weighted by Gasteiger charge is 2.01. The Bertz CT molecular complexity index is 329. The molecule has 88 valence electrons. The number of hydrogen-bond acceptors (Lipinski definition) is 4. The normalized spacial score (nSPS) is 10.2. The van der Waals surface area contributed by atoms with E-state index in [1.807, 2.05) is 4.68 Å². The maximum atomic E-state index is 5.16. The molecule has 1 rings (SSSR count). The van der Waals surface area contributed by atoms with E-state index in [0.29, 0.717) is 0 Å². The summed E-state index contributed by atoms with van der Waals surface area (Å²) in [6.07, 6.45) is 7.85. The van der Waals surface area contributed by atoms with Crippen molar-refractivity contribution < 1.29 is 0 Å². The molecule has 0 atom stereocenters. The van der Waals surface area contributed by atoms with Gasteiger partial charge in [-0.05, 0) is 6.42 Å². The van der Waals surface area contributed by atoms with E-state index in [-0.39, 0.29) is 0 Å². The highest BCUT2D eigenvalue weighted by atomic mass is 32.2. The van der Waals surface area contributed by atoms with Gasteiger partial charge in [0.2, 0.25) is 0 Å². The molecule has 0 aromatic carbocycles. The average molecular weight is 238 g/mol. The molecular formula is C11H18N4S. The van der Waals surface area contributed by atoms with Gasteiger partial charge in [-0.15, -0.1) is 18.2 Å². The SMILES string of the molecule is C#CCSCCNCc1ncnn1CCC. The summed E-state index contributed by atoms with van der Waals surface area (Å²) in [6.45, 7) is 4.79. The van der Waals surface area contributed by atoms with Crippen molar-refractivity contribution in [1.82, 2.24) is 20.1 Å². The summed E-state index contributed by atoms with van der Waals surface area (Å²) < 4.78 is 1.95. The minimum absolute atomic E-state index is 0.774. The lowest BCUT2D eigenvalue weighted by atomic mass is 10.4. The van der Waals surface area contributed by atoms with Gasteiger partial charge in [-0.3, -0.25) is 0 Å². The lowest BCUT2D eigenvalue weighted by molar-refractivity contribution is 0.548. The van der Waals surface area contributed by atoms with E-state index in [4.69, 9.17) is 6.42 Å². The summed E-state index contributed by atoms with van der Waals surface area (Å²) in [5.74, 6) is 5.43. The Kier molecular flexibility index (Phi) is 6.70. The highest BCUT2D eigenvalue weighted by Crippen LogP contribution is 1.97. The van der Waals surface area contributed by atoms with Crippen molar-refractivity contribution in [3.8, 4) is 12.3 Å². The molecule has 0 aliphatic rings. The third-order valence-electron chi connectivity index (χ3n) is 2.02. The van der Waals surface area contributed by atoms with Gasteiger partial charge in [0.1, 0.15) is 12.2 Å². The van der Waals surface area contributed by atoms with E-state index in [0.717, 1.165) is 43.4 Å². The molecule has 0 aliphatic heterocycles. The van der Waals surface area contributed by atoms with E-state index >= 15 is 0 Å². The minimum atomic E-state index is 0.774. The van der Waals surface area contributed by atoms with E-state index in [1.165, 1.54) is 0 Å². The minimum Gasteiger partial charge on any atom is -0.309 e. The summed E-state index contributed by atoms with van der Waals surface area (Å²) >= 11 is 1.76. The topological polar surface area (TPSA) is 42.7 Å². The van der Waals surface area contributed by atoms with Gasteiger partial charge >= 0.3 is 0 Å². The quantitative estimate of drug-likeness (QED) is 0.545.